The molecule has 1 aromatic carbocycles. The van der Waals surface area contributed by atoms with Gasteiger partial charge in [0.15, 0.2) is 5.78 Å². The fourth-order valence-corrected chi connectivity index (χ4v) is 9.41. The van der Waals surface area contributed by atoms with Crippen molar-refractivity contribution in [2.24, 2.45) is 0 Å². The first-order valence-electron chi connectivity index (χ1n) is 9.78. The number of carbonyl (C=O) groups excluding carboxylic acids is 2. The van der Waals surface area contributed by atoms with Gasteiger partial charge in [0, 0.05) is 29.4 Å². The summed E-state index contributed by atoms with van der Waals surface area (Å²) in [4.78, 5) is 22.1. The van der Waals surface area contributed by atoms with Crippen LogP contribution >= 0.6 is 8.92 Å². The van der Waals surface area contributed by atoms with E-state index < -0.39 is 24.6 Å². The van der Waals surface area contributed by atoms with E-state index in [2.05, 4.69) is 19.2 Å². The predicted molar refractivity (Wildman–Crippen MR) is 112 cm³/mol. The molecule has 0 saturated carbocycles. The van der Waals surface area contributed by atoms with Crippen molar-refractivity contribution < 1.29 is 14.7 Å². The van der Waals surface area contributed by atoms with Gasteiger partial charge in [-0.3, -0.25) is 4.79 Å². The van der Waals surface area contributed by atoms with Crippen LogP contribution in [0.2, 0.25) is 8.87 Å². The Labute approximate surface area is 173 Å². The van der Waals surface area contributed by atoms with E-state index in [9.17, 15) is 14.7 Å². The normalized spacial score (nSPS) is 13.3. The Balaban J connectivity index is 0.000000314. The maximum atomic E-state index is 11.2. The number of carboxylic acid groups (broad SMARTS) is 1. The molecule has 0 radical (unpaired) electrons. The van der Waals surface area contributed by atoms with Crippen LogP contribution in [0.15, 0.2) is 36.0 Å². The molecule has 27 heavy (non-hydrogen) atoms. The molecular formula is C21H30ClNO3Sn. The summed E-state index contributed by atoms with van der Waals surface area (Å²) in [6.07, 6.45) is 9.05. The summed E-state index contributed by atoms with van der Waals surface area (Å²) < 4.78 is 2.81. The van der Waals surface area contributed by atoms with Crippen LogP contribution in [-0.4, -0.2) is 30.4 Å². The molecule has 1 aliphatic rings. The largest absolute Gasteiger partial charge is 0.545 e. The zero-order valence-corrected chi connectivity index (χ0v) is 20.0. The van der Waals surface area contributed by atoms with Gasteiger partial charge in [-0.25, -0.2) is 0 Å². The molecule has 6 heteroatoms. The minimum atomic E-state index is -1.27. The third-order valence-electron chi connectivity index (χ3n) is 4.25. The van der Waals surface area contributed by atoms with E-state index in [4.69, 9.17) is 8.92 Å². The third kappa shape index (κ3) is 10.2. The smallest absolute Gasteiger partial charge is 0.157 e. The van der Waals surface area contributed by atoms with Gasteiger partial charge in [-0.1, -0.05) is 18.2 Å². The number of aromatic carboxylic acids is 1. The molecule has 0 aromatic heterocycles. The molecule has 1 aromatic rings. The van der Waals surface area contributed by atoms with Crippen molar-refractivity contribution in [3.63, 3.8) is 0 Å². The first kappa shape index (κ1) is 24.0. The Bertz CT molecular complexity index is 626. The molecular weight excluding hydrogens is 468 g/mol. The summed E-state index contributed by atoms with van der Waals surface area (Å²) in [6.45, 7) is 4.49. The fraction of sp³-hybridized carbons (Fsp3) is 0.524. The van der Waals surface area contributed by atoms with Gasteiger partial charge in [0.05, 0.1) is 5.97 Å². The first-order valence-corrected chi connectivity index (χ1v) is 17.4. The standard InChI is InChI=1S/C13H13NO3.2C4H9.ClH.Sn/c15-10-5-3-4-9(8-10)14-12-7-2-1-6-11(12)13(16)17;2*1-3-4-2;;/h1-2,6-8,14H,3-5H2,(H,16,17);2*1,3-4H2,2H3;1H;/q;;;;+2/p-2. The average molecular weight is 499 g/mol. The third-order valence-corrected chi connectivity index (χ3v) is 11.9. The van der Waals surface area contributed by atoms with Crippen LogP contribution in [0.5, 0.6) is 0 Å². The van der Waals surface area contributed by atoms with E-state index in [0.717, 1.165) is 18.5 Å². The number of rotatable bonds is 9. The number of para-hydroxylation sites is 1. The second-order valence-electron chi connectivity index (χ2n) is 6.67. The van der Waals surface area contributed by atoms with Crippen molar-refractivity contribution in [2.45, 2.75) is 67.7 Å². The fourth-order valence-electron chi connectivity index (χ4n) is 2.70. The molecule has 0 fully saturated rings. The van der Waals surface area contributed by atoms with Crippen molar-refractivity contribution in [3.05, 3.63) is 41.6 Å². The van der Waals surface area contributed by atoms with E-state index in [0.29, 0.717) is 12.1 Å². The number of anilines is 1. The van der Waals surface area contributed by atoms with Gasteiger partial charge in [-0.15, -0.1) is 0 Å². The van der Waals surface area contributed by atoms with Gasteiger partial charge in [-0.05, 0) is 18.9 Å². The number of ketones is 1. The van der Waals surface area contributed by atoms with Crippen LogP contribution in [-0.2, 0) is 4.79 Å². The van der Waals surface area contributed by atoms with E-state index in [-0.39, 0.29) is 11.3 Å². The minimum absolute atomic E-state index is 0.0738. The number of carboxylic acids is 1. The number of halogens is 1. The Morgan fingerprint density at radius 3 is 2.33 bits per heavy atom. The monoisotopic (exact) mass is 499 g/mol. The molecule has 2 rings (SSSR count). The number of unbranched alkanes of at least 4 members (excludes halogenated alkanes) is 2. The molecule has 0 heterocycles. The SMILES string of the molecule is CCC[CH2][Sn+]([Cl])[CH2]CCC.O=C1C=C(Nc2ccccc2C(=O)[O-])CCC1. The van der Waals surface area contributed by atoms with Crippen LogP contribution in [0.3, 0.4) is 0 Å². The summed E-state index contributed by atoms with van der Waals surface area (Å²) in [5.74, 6) is -1.15. The van der Waals surface area contributed by atoms with E-state index >= 15 is 0 Å². The van der Waals surface area contributed by atoms with Crippen LogP contribution in [0, 0.1) is 0 Å². The van der Waals surface area contributed by atoms with Gasteiger partial charge < -0.3 is 15.2 Å². The molecule has 0 unspecified atom stereocenters. The topological polar surface area (TPSA) is 69.2 Å². The van der Waals surface area contributed by atoms with E-state index in [1.165, 1.54) is 46.7 Å². The Morgan fingerprint density at radius 2 is 1.78 bits per heavy atom. The minimum Gasteiger partial charge on any atom is -0.545 e. The van der Waals surface area contributed by atoms with Crippen LogP contribution in [0.25, 0.3) is 0 Å². The Morgan fingerprint density at radius 1 is 1.15 bits per heavy atom. The van der Waals surface area contributed by atoms with Crippen molar-refractivity contribution >= 4 is 45.0 Å². The zero-order chi connectivity index (χ0) is 20.1. The molecule has 0 bridgehead atoms. The number of carbonyl (C=O) groups is 2. The number of allylic oxidation sites excluding steroid dienone is 2. The number of hydrogen-bond acceptors (Lipinski definition) is 4. The molecule has 1 aliphatic carbocycles. The molecule has 0 atom stereocenters. The van der Waals surface area contributed by atoms with Gasteiger partial charge in [0.2, 0.25) is 0 Å². The second-order valence-corrected chi connectivity index (χ2v) is 16.1. The van der Waals surface area contributed by atoms with Crippen molar-refractivity contribution in [3.8, 4) is 0 Å². The van der Waals surface area contributed by atoms with E-state index in [1.807, 2.05) is 0 Å². The maximum Gasteiger partial charge on any atom is 0.157 e. The first-order chi connectivity index (χ1) is 13.0. The van der Waals surface area contributed by atoms with Gasteiger partial charge in [0.1, 0.15) is 0 Å². The summed E-state index contributed by atoms with van der Waals surface area (Å²) >= 11 is -1.27. The molecule has 0 aliphatic heterocycles. The van der Waals surface area contributed by atoms with Crippen LogP contribution in [0.4, 0.5) is 5.69 Å². The predicted octanol–water partition coefficient (Wildman–Crippen LogP) is 4.92. The average Bonchev–Trinajstić information content (AvgIpc) is 2.65. The zero-order valence-electron chi connectivity index (χ0n) is 16.4. The molecule has 0 saturated heterocycles. The maximum absolute atomic E-state index is 11.2. The number of hydrogen-bond donors (Lipinski definition) is 1. The molecule has 4 nitrogen and oxygen atoms in total. The van der Waals surface area contributed by atoms with Crippen LogP contribution < -0.4 is 10.4 Å². The van der Waals surface area contributed by atoms with Gasteiger partial charge >= 0.3 is 76.0 Å². The summed E-state index contributed by atoms with van der Waals surface area (Å²) in [5, 5.41) is 13.9. The van der Waals surface area contributed by atoms with Crippen molar-refractivity contribution in [1.29, 1.82) is 0 Å². The summed E-state index contributed by atoms with van der Waals surface area (Å²) in [7, 11) is 6.24. The second kappa shape index (κ2) is 14.1. The molecule has 148 valence electrons. The molecule has 0 spiro atoms. The van der Waals surface area contributed by atoms with Gasteiger partial charge in [-0.2, -0.15) is 0 Å². The Hall–Kier alpha value is -1.01. The number of nitrogens with one attached hydrogen (secondary N) is 1. The molecule has 0 amide bonds. The quantitative estimate of drug-likeness (QED) is 0.491. The van der Waals surface area contributed by atoms with Crippen molar-refractivity contribution in [1.82, 2.24) is 0 Å². The van der Waals surface area contributed by atoms with Gasteiger partial charge in [0.25, 0.3) is 0 Å². The van der Waals surface area contributed by atoms with Crippen molar-refractivity contribution in [2.75, 3.05) is 5.32 Å². The van der Waals surface area contributed by atoms with Crippen LogP contribution in [0.1, 0.15) is 69.2 Å². The summed E-state index contributed by atoms with van der Waals surface area (Å²) in [6, 6.07) is 6.50. The molecule has 1 N–H and O–H groups in total. The Kier molecular flexibility index (Phi) is 12.5. The summed E-state index contributed by atoms with van der Waals surface area (Å²) in [5.41, 5.74) is 1.33. The number of benzene rings is 1. The van der Waals surface area contributed by atoms with E-state index in [1.54, 1.807) is 18.2 Å².